The summed E-state index contributed by atoms with van der Waals surface area (Å²) in [5, 5.41) is 14.0. The first-order valence-corrected chi connectivity index (χ1v) is 11.5. The number of likely N-dealkylation sites (tertiary alicyclic amines) is 1. The lowest BCUT2D eigenvalue weighted by Crippen LogP contribution is -2.65. The Hall–Kier alpha value is -3.57. The Morgan fingerprint density at radius 1 is 1.03 bits per heavy atom. The van der Waals surface area contributed by atoms with Crippen molar-refractivity contribution in [2.75, 3.05) is 26.3 Å². The molecule has 4 heterocycles. The number of hydrogen-bond donors (Lipinski definition) is 0. The van der Waals surface area contributed by atoms with E-state index in [1.165, 1.54) is 47.2 Å². The first-order valence-electron chi connectivity index (χ1n) is 11.5. The molecular weight excluding hydrogens is 473 g/mol. The van der Waals surface area contributed by atoms with Crippen molar-refractivity contribution in [2.45, 2.75) is 26.4 Å². The third-order valence-corrected chi connectivity index (χ3v) is 6.32. The maximum Gasteiger partial charge on any atom is 0.314 e. The summed E-state index contributed by atoms with van der Waals surface area (Å²) in [6.45, 7) is 7.92. The summed E-state index contributed by atoms with van der Waals surface area (Å²) in [7, 11) is 0. The molecule has 0 atom stereocenters. The first-order chi connectivity index (χ1) is 17.4. The summed E-state index contributed by atoms with van der Waals surface area (Å²) in [5.74, 6) is -1.48. The van der Waals surface area contributed by atoms with Gasteiger partial charge in [-0.15, -0.1) is 15.3 Å². The van der Waals surface area contributed by atoms with Crippen molar-refractivity contribution in [3.63, 3.8) is 0 Å². The number of alkyl halides is 2. The number of benzene rings is 2. The number of aromatic nitrogens is 5. The molecule has 2 aromatic heterocycles. The Kier molecular flexibility index (Phi) is 6.84. The third kappa shape index (κ3) is 5.31. The fourth-order valence-corrected chi connectivity index (χ4v) is 4.36. The summed E-state index contributed by atoms with van der Waals surface area (Å²) in [5.41, 5.74) is 4.02. The van der Waals surface area contributed by atoms with E-state index in [9.17, 15) is 13.2 Å². The molecule has 1 spiro atoms. The highest BCUT2D eigenvalue weighted by Gasteiger charge is 2.48. The van der Waals surface area contributed by atoms with Crippen LogP contribution in [0.15, 0.2) is 59.3 Å². The van der Waals surface area contributed by atoms with E-state index in [1.54, 1.807) is 6.20 Å². The summed E-state index contributed by atoms with van der Waals surface area (Å²) in [6.07, 6.45) is 0.222. The minimum absolute atomic E-state index is 0.156. The van der Waals surface area contributed by atoms with E-state index >= 15 is 0 Å². The number of halogens is 3. The zero-order valence-electron chi connectivity index (χ0n) is 19.6. The maximum atomic E-state index is 14.0. The zero-order valence-corrected chi connectivity index (χ0v) is 19.6. The molecule has 6 rings (SSSR count). The number of ether oxygens (including phenoxy) is 1. The second kappa shape index (κ2) is 10.2. The normalized spacial score (nSPS) is 16.4. The fraction of sp³-hybridized carbons (Fsp3) is 0.360. The van der Waals surface area contributed by atoms with Crippen molar-refractivity contribution >= 4 is 0 Å². The van der Waals surface area contributed by atoms with E-state index in [0.29, 0.717) is 11.0 Å². The molecule has 0 aliphatic carbocycles. The lowest BCUT2D eigenvalue weighted by atomic mass is 9.78. The molecule has 2 aromatic carbocycles. The molecule has 2 aliphatic heterocycles. The Morgan fingerprint density at radius 2 is 1.83 bits per heavy atom. The Morgan fingerprint density at radius 3 is 2.44 bits per heavy atom. The fourth-order valence-electron chi connectivity index (χ4n) is 4.36. The smallest absolute Gasteiger partial charge is 0.314 e. The molecule has 0 N–H and O–H groups in total. The molecule has 0 bridgehead atoms. The van der Waals surface area contributed by atoms with Gasteiger partial charge >= 0.3 is 6.43 Å². The number of aryl methyl sites for hydroxylation is 1. The van der Waals surface area contributed by atoms with Gasteiger partial charge in [0.1, 0.15) is 5.82 Å². The largest absolute Gasteiger partial charge is 0.415 e. The van der Waals surface area contributed by atoms with Gasteiger partial charge in [-0.1, -0.05) is 35.5 Å². The van der Waals surface area contributed by atoms with Crippen LogP contribution in [0.2, 0.25) is 0 Å². The van der Waals surface area contributed by atoms with Crippen LogP contribution in [0, 0.1) is 18.2 Å². The lowest BCUT2D eigenvalue weighted by Gasteiger charge is -2.55. The number of rotatable bonds is 6. The van der Waals surface area contributed by atoms with Crippen LogP contribution >= 0.6 is 0 Å². The van der Waals surface area contributed by atoms with Crippen molar-refractivity contribution < 1.29 is 22.3 Å². The van der Waals surface area contributed by atoms with E-state index in [4.69, 9.17) is 9.15 Å². The molecule has 11 heteroatoms. The van der Waals surface area contributed by atoms with Gasteiger partial charge in [0.15, 0.2) is 0 Å². The summed E-state index contributed by atoms with van der Waals surface area (Å²) in [4.78, 5) is 2.52. The maximum absolute atomic E-state index is 14.0. The van der Waals surface area contributed by atoms with Gasteiger partial charge in [-0.3, -0.25) is 4.90 Å². The SMILES string of the molecule is Cc1ccccc1CN1CC2(COC2)C1.Fc1cc(-c2nnc(C(F)F)o2)ccc1Cn1ccnn1. The van der Waals surface area contributed by atoms with E-state index < -0.39 is 18.1 Å². The lowest BCUT2D eigenvalue weighted by molar-refractivity contribution is -0.191. The first kappa shape index (κ1) is 24.1. The zero-order chi connectivity index (χ0) is 25.1. The molecule has 36 heavy (non-hydrogen) atoms. The van der Waals surface area contributed by atoms with E-state index in [2.05, 4.69) is 56.6 Å². The molecule has 188 valence electrons. The van der Waals surface area contributed by atoms with Crippen molar-refractivity contribution in [3.05, 3.63) is 83.3 Å². The predicted molar refractivity (Wildman–Crippen MR) is 123 cm³/mol. The van der Waals surface area contributed by atoms with Crippen LogP contribution in [-0.4, -0.2) is 56.4 Å². The van der Waals surface area contributed by atoms with Crippen LogP contribution in [0.4, 0.5) is 13.2 Å². The predicted octanol–water partition coefficient (Wildman–Crippen LogP) is 4.28. The Labute approximate surface area is 205 Å². The molecule has 2 fully saturated rings. The van der Waals surface area contributed by atoms with Crippen LogP contribution in [0.3, 0.4) is 0 Å². The Bertz CT molecular complexity index is 1300. The van der Waals surface area contributed by atoms with Gasteiger partial charge in [0.25, 0.3) is 5.89 Å². The topological polar surface area (TPSA) is 82.1 Å². The van der Waals surface area contributed by atoms with Crippen LogP contribution < -0.4 is 0 Å². The van der Waals surface area contributed by atoms with Gasteiger partial charge in [0.05, 0.1) is 26.0 Å². The van der Waals surface area contributed by atoms with Gasteiger partial charge in [-0.25, -0.2) is 9.07 Å². The summed E-state index contributed by atoms with van der Waals surface area (Å²) < 4.78 is 50.2. The minimum atomic E-state index is -2.86. The number of nitrogens with zero attached hydrogens (tertiary/aromatic N) is 6. The monoisotopic (exact) mass is 498 g/mol. The standard InChI is InChI=1S/C13H17NO.C12H8F3N5O/c1-11-4-2-3-5-12(11)6-14-7-13(8-14)9-15-10-13;13-9-5-7(11-17-18-12(21-11)10(14)15)1-2-8(9)6-20-4-3-16-19-20/h2-5H,6-10H2,1H3;1-5,10H,6H2. The molecule has 0 saturated carbocycles. The molecule has 2 saturated heterocycles. The van der Waals surface area contributed by atoms with Gasteiger partial charge in [-0.2, -0.15) is 8.78 Å². The minimum Gasteiger partial charge on any atom is -0.415 e. The highest BCUT2D eigenvalue weighted by Crippen LogP contribution is 2.38. The average molecular weight is 499 g/mol. The molecule has 0 radical (unpaired) electrons. The Balaban J connectivity index is 0.000000156. The van der Waals surface area contributed by atoms with E-state index in [1.807, 2.05) is 0 Å². The van der Waals surface area contributed by atoms with E-state index in [-0.39, 0.29) is 18.0 Å². The van der Waals surface area contributed by atoms with Crippen molar-refractivity contribution in [1.82, 2.24) is 30.1 Å². The van der Waals surface area contributed by atoms with E-state index in [0.717, 1.165) is 25.8 Å². The van der Waals surface area contributed by atoms with Crippen LogP contribution in [-0.2, 0) is 17.8 Å². The average Bonchev–Trinajstić information content (AvgIpc) is 3.50. The van der Waals surface area contributed by atoms with Gasteiger partial charge in [0, 0.05) is 42.4 Å². The van der Waals surface area contributed by atoms with Crippen molar-refractivity contribution in [2.24, 2.45) is 5.41 Å². The van der Waals surface area contributed by atoms with Gasteiger partial charge < -0.3 is 9.15 Å². The van der Waals surface area contributed by atoms with Crippen LogP contribution in [0.25, 0.3) is 11.5 Å². The van der Waals surface area contributed by atoms with Crippen molar-refractivity contribution in [1.29, 1.82) is 0 Å². The third-order valence-electron chi connectivity index (χ3n) is 6.32. The second-order valence-corrected chi connectivity index (χ2v) is 9.22. The highest BCUT2D eigenvalue weighted by atomic mass is 19.3. The molecule has 0 unspecified atom stereocenters. The van der Waals surface area contributed by atoms with Gasteiger partial charge in [0.2, 0.25) is 5.89 Å². The van der Waals surface area contributed by atoms with Crippen molar-refractivity contribution in [3.8, 4) is 11.5 Å². The quantitative estimate of drug-likeness (QED) is 0.393. The van der Waals surface area contributed by atoms with Crippen LogP contribution in [0.5, 0.6) is 0 Å². The summed E-state index contributed by atoms with van der Waals surface area (Å²) in [6, 6.07) is 12.8. The highest BCUT2D eigenvalue weighted by molar-refractivity contribution is 5.53. The molecule has 4 aromatic rings. The van der Waals surface area contributed by atoms with Crippen LogP contribution in [0.1, 0.15) is 29.0 Å². The molecule has 8 nitrogen and oxygen atoms in total. The second-order valence-electron chi connectivity index (χ2n) is 9.22. The molecule has 0 amide bonds. The molecule has 2 aliphatic rings. The summed E-state index contributed by atoms with van der Waals surface area (Å²) >= 11 is 0. The molecular formula is C25H25F3N6O2. The van der Waals surface area contributed by atoms with Gasteiger partial charge in [-0.05, 0) is 30.2 Å². The number of hydrogen-bond acceptors (Lipinski definition) is 7.